The lowest BCUT2D eigenvalue weighted by molar-refractivity contribution is 0.311. The molecule has 0 aliphatic heterocycles. The molecule has 0 unspecified atom stereocenters. The molecule has 0 saturated heterocycles. The topological polar surface area (TPSA) is 61.3 Å². The third kappa shape index (κ3) is 3.34. The largest absolute Gasteiger partial charge is 0.395 e. The summed E-state index contributed by atoms with van der Waals surface area (Å²) in [7, 11) is 2.00. The van der Waals surface area contributed by atoms with Crippen LogP contribution in [0.25, 0.3) is 0 Å². The van der Waals surface area contributed by atoms with Crippen LogP contribution in [0.15, 0.2) is 6.07 Å². The lowest BCUT2D eigenvalue weighted by atomic mass is 10.3. The van der Waals surface area contributed by atoms with Crippen molar-refractivity contribution >= 4 is 11.6 Å². The van der Waals surface area contributed by atoms with E-state index < -0.39 is 0 Å². The lowest BCUT2D eigenvalue weighted by Crippen LogP contribution is -2.27. The molecular formula is C11H20N4O. The van der Waals surface area contributed by atoms with E-state index in [1.807, 2.05) is 20.0 Å². The number of aliphatic hydroxyl groups is 1. The highest BCUT2D eigenvalue weighted by Crippen LogP contribution is 2.16. The quantitative estimate of drug-likeness (QED) is 0.782. The average Bonchev–Trinajstić information content (AvgIpc) is 2.24. The highest BCUT2D eigenvalue weighted by atomic mass is 16.3. The van der Waals surface area contributed by atoms with Crippen LogP contribution in [-0.4, -0.2) is 41.3 Å². The zero-order chi connectivity index (χ0) is 12.1. The summed E-state index contributed by atoms with van der Waals surface area (Å²) in [5.41, 5.74) is 0. The molecular weight excluding hydrogens is 204 g/mol. The van der Waals surface area contributed by atoms with E-state index in [0.717, 1.165) is 17.5 Å². The number of aromatic nitrogens is 2. The first-order chi connectivity index (χ1) is 7.54. The van der Waals surface area contributed by atoms with E-state index in [4.69, 9.17) is 5.11 Å². The number of anilines is 2. The molecule has 16 heavy (non-hydrogen) atoms. The Kier molecular flexibility index (Phi) is 4.49. The number of nitrogens with one attached hydrogen (secondary N) is 1. The fourth-order valence-electron chi connectivity index (χ4n) is 1.27. The number of nitrogens with zero attached hydrogens (tertiary/aromatic N) is 3. The molecule has 5 nitrogen and oxygen atoms in total. The van der Waals surface area contributed by atoms with Crippen molar-refractivity contribution < 1.29 is 5.11 Å². The van der Waals surface area contributed by atoms with Gasteiger partial charge in [0.2, 0.25) is 0 Å². The first-order valence-corrected chi connectivity index (χ1v) is 5.48. The first kappa shape index (κ1) is 12.7. The molecule has 0 amide bonds. The van der Waals surface area contributed by atoms with Gasteiger partial charge < -0.3 is 15.3 Å². The molecule has 0 atom stereocenters. The van der Waals surface area contributed by atoms with Gasteiger partial charge in [0, 0.05) is 25.7 Å². The molecule has 5 heteroatoms. The van der Waals surface area contributed by atoms with Gasteiger partial charge in [-0.1, -0.05) is 0 Å². The van der Waals surface area contributed by atoms with Crippen LogP contribution in [-0.2, 0) is 0 Å². The van der Waals surface area contributed by atoms with Crippen molar-refractivity contribution in [2.24, 2.45) is 0 Å². The molecule has 90 valence electrons. The fraction of sp³-hybridized carbons (Fsp3) is 0.636. The summed E-state index contributed by atoms with van der Waals surface area (Å²) in [5.74, 6) is 2.37. The van der Waals surface area contributed by atoms with Crippen LogP contribution in [0, 0.1) is 6.92 Å². The first-order valence-electron chi connectivity index (χ1n) is 5.48. The second-order valence-corrected chi connectivity index (χ2v) is 4.01. The van der Waals surface area contributed by atoms with Crippen LogP contribution in [0.3, 0.4) is 0 Å². The van der Waals surface area contributed by atoms with E-state index in [1.54, 1.807) is 0 Å². The number of hydrogen-bond acceptors (Lipinski definition) is 5. The predicted octanol–water partition coefficient (Wildman–Crippen LogP) is 1.03. The Hall–Kier alpha value is -1.36. The summed E-state index contributed by atoms with van der Waals surface area (Å²) >= 11 is 0. The predicted molar refractivity (Wildman–Crippen MR) is 65.9 cm³/mol. The monoisotopic (exact) mass is 224 g/mol. The Morgan fingerprint density at radius 1 is 1.44 bits per heavy atom. The molecule has 0 bridgehead atoms. The van der Waals surface area contributed by atoms with Crippen molar-refractivity contribution in [3.63, 3.8) is 0 Å². The van der Waals surface area contributed by atoms with Gasteiger partial charge in [-0.25, -0.2) is 9.97 Å². The second-order valence-electron chi connectivity index (χ2n) is 4.01. The third-order valence-electron chi connectivity index (χ3n) is 2.38. The summed E-state index contributed by atoms with van der Waals surface area (Å²) in [6.45, 7) is 6.68. The maximum atomic E-state index is 8.75. The third-order valence-corrected chi connectivity index (χ3v) is 2.38. The molecule has 1 aromatic heterocycles. The molecule has 0 spiro atoms. The van der Waals surface area contributed by atoms with Gasteiger partial charge in [0.1, 0.15) is 17.5 Å². The van der Waals surface area contributed by atoms with E-state index in [9.17, 15) is 0 Å². The Bertz CT molecular complexity index is 341. The van der Waals surface area contributed by atoms with Crippen LogP contribution in [0.1, 0.15) is 19.7 Å². The Labute approximate surface area is 96.5 Å². The number of aliphatic hydroxyl groups excluding tert-OH is 1. The summed E-state index contributed by atoms with van der Waals surface area (Å²) in [6.07, 6.45) is 0. The molecule has 1 aromatic rings. The maximum Gasteiger partial charge on any atom is 0.134 e. The van der Waals surface area contributed by atoms with Gasteiger partial charge in [0.15, 0.2) is 0 Å². The Balaban J connectivity index is 2.89. The molecule has 0 saturated carbocycles. The zero-order valence-corrected chi connectivity index (χ0v) is 10.4. The number of hydrogen-bond donors (Lipinski definition) is 2. The molecule has 1 heterocycles. The van der Waals surface area contributed by atoms with E-state index >= 15 is 0 Å². The number of rotatable bonds is 5. The minimum absolute atomic E-state index is 0.0956. The van der Waals surface area contributed by atoms with Gasteiger partial charge in [0.05, 0.1) is 6.61 Å². The lowest BCUT2D eigenvalue weighted by Gasteiger charge is -2.23. The zero-order valence-electron chi connectivity index (χ0n) is 10.4. The van der Waals surface area contributed by atoms with Crippen molar-refractivity contribution in [3.8, 4) is 0 Å². The van der Waals surface area contributed by atoms with Crippen molar-refractivity contribution in [3.05, 3.63) is 11.9 Å². The van der Waals surface area contributed by atoms with Crippen LogP contribution >= 0.6 is 0 Å². The van der Waals surface area contributed by atoms with E-state index in [-0.39, 0.29) is 6.61 Å². The standard InChI is InChI=1S/C11H20N4O/c1-8(2)15(4)11-7-10(12-5-6-16)13-9(3)14-11/h7-8,16H,5-6H2,1-4H3,(H,12,13,14). The Morgan fingerprint density at radius 2 is 2.12 bits per heavy atom. The van der Waals surface area contributed by atoms with Crippen molar-refractivity contribution in [1.29, 1.82) is 0 Å². The highest BCUT2D eigenvalue weighted by Gasteiger charge is 2.08. The van der Waals surface area contributed by atoms with Crippen molar-refractivity contribution in [1.82, 2.24) is 9.97 Å². The second kappa shape index (κ2) is 5.65. The molecule has 0 fully saturated rings. The van der Waals surface area contributed by atoms with Gasteiger partial charge in [-0.05, 0) is 20.8 Å². The van der Waals surface area contributed by atoms with Gasteiger partial charge in [-0.2, -0.15) is 0 Å². The molecule has 1 rings (SSSR count). The SMILES string of the molecule is Cc1nc(NCCO)cc(N(C)C(C)C)n1. The number of aryl methyl sites for hydroxylation is 1. The van der Waals surface area contributed by atoms with Crippen LogP contribution in [0.5, 0.6) is 0 Å². The normalized spacial score (nSPS) is 10.6. The minimum Gasteiger partial charge on any atom is -0.395 e. The Morgan fingerprint density at radius 3 is 2.69 bits per heavy atom. The van der Waals surface area contributed by atoms with E-state index in [2.05, 4.69) is 34.0 Å². The van der Waals surface area contributed by atoms with E-state index in [1.165, 1.54) is 0 Å². The van der Waals surface area contributed by atoms with Gasteiger partial charge >= 0.3 is 0 Å². The summed E-state index contributed by atoms with van der Waals surface area (Å²) < 4.78 is 0. The van der Waals surface area contributed by atoms with Crippen molar-refractivity contribution in [2.45, 2.75) is 26.8 Å². The smallest absolute Gasteiger partial charge is 0.134 e. The highest BCUT2D eigenvalue weighted by molar-refractivity contribution is 5.49. The maximum absolute atomic E-state index is 8.75. The fourth-order valence-corrected chi connectivity index (χ4v) is 1.27. The van der Waals surface area contributed by atoms with Gasteiger partial charge in [-0.3, -0.25) is 0 Å². The molecule has 0 radical (unpaired) electrons. The minimum atomic E-state index is 0.0956. The molecule has 0 aliphatic carbocycles. The molecule has 0 aromatic carbocycles. The molecule has 2 N–H and O–H groups in total. The van der Waals surface area contributed by atoms with Crippen LogP contribution in [0.4, 0.5) is 11.6 Å². The summed E-state index contributed by atoms with van der Waals surface area (Å²) in [5, 5.41) is 11.8. The average molecular weight is 224 g/mol. The van der Waals surface area contributed by atoms with Crippen molar-refractivity contribution in [2.75, 3.05) is 30.4 Å². The summed E-state index contributed by atoms with van der Waals surface area (Å²) in [4.78, 5) is 10.7. The van der Waals surface area contributed by atoms with Gasteiger partial charge in [-0.15, -0.1) is 0 Å². The van der Waals surface area contributed by atoms with Gasteiger partial charge in [0.25, 0.3) is 0 Å². The molecule has 0 aliphatic rings. The van der Waals surface area contributed by atoms with Crippen LogP contribution < -0.4 is 10.2 Å². The summed E-state index contributed by atoms with van der Waals surface area (Å²) in [6, 6.07) is 2.28. The van der Waals surface area contributed by atoms with Crippen LogP contribution in [0.2, 0.25) is 0 Å². The van der Waals surface area contributed by atoms with E-state index in [0.29, 0.717) is 12.6 Å².